The minimum atomic E-state index is -3.39. The number of guanidine groups is 1. The van der Waals surface area contributed by atoms with E-state index in [2.05, 4.69) is 21.8 Å². The van der Waals surface area contributed by atoms with Gasteiger partial charge in [-0.15, -0.1) is 17.9 Å². The molecule has 1 rings (SSSR count). The molecule has 0 spiro atoms. The second-order valence-electron chi connectivity index (χ2n) is 5.79. The quantitative estimate of drug-likeness (QED) is 0.275. The molecule has 1 N–H and O–H groups in total. The molecule has 0 aliphatic carbocycles. The van der Waals surface area contributed by atoms with Crippen LogP contribution in [-0.2, 0) is 10.0 Å². The maximum atomic E-state index is 12.4. The highest BCUT2D eigenvalue weighted by atomic mass is 32.2. The third kappa shape index (κ3) is 7.17. The molecule has 0 amide bonds. The fraction of sp³-hybridized carbons (Fsp3) is 0.588. The summed E-state index contributed by atoms with van der Waals surface area (Å²) in [4.78, 5) is 6.33. The molecule has 25 heavy (non-hydrogen) atoms. The number of unbranched alkanes of at least 4 members (excludes halogenated alkanes) is 3. The third-order valence-electron chi connectivity index (χ3n) is 3.84. The van der Waals surface area contributed by atoms with Gasteiger partial charge < -0.3 is 10.2 Å². The highest BCUT2D eigenvalue weighted by Crippen LogP contribution is 2.19. The standard InChI is InChI=1S/C17H30N4O2S2/c1-5-6-7-8-9-13-20(3)17(18-2)19-12-14-21(4)25(22,23)16-11-10-15-24-16/h5,10-11,15H,1,6-9,12-14H2,2-4H3,(H,18,19). The fourth-order valence-corrected chi connectivity index (χ4v) is 4.69. The Bertz CT molecular complexity index is 627. The molecule has 0 aliphatic rings. The molecule has 1 heterocycles. The number of sulfonamides is 1. The molecule has 0 aromatic carbocycles. The molecule has 0 saturated carbocycles. The van der Waals surface area contributed by atoms with E-state index in [1.165, 1.54) is 15.6 Å². The SMILES string of the molecule is C=CCCCCCN(C)C(=NC)NCCN(C)S(=O)(=O)c1cccs1. The number of aliphatic imine (C=N–C) groups is 1. The summed E-state index contributed by atoms with van der Waals surface area (Å²) in [6.07, 6.45) is 6.42. The van der Waals surface area contributed by atoms with E-state index in [1.807, 2.05) is 13.1 Å². The normalized spacial score (nSPS) is 12.4. The van der Waals surface area contributed by atoms with Gasteiger partial charge >= 0.3 is 0 Å². The molecule has 0 atom stereocenters. The molecule has 1 aromatic heterocycles. The second kappa shape index (κ2) is 11.3. The van der Waals surface area contributed by atoms with Crippen LogP contribution in [0.25, 0.3) is 0 Å². The predicted molar refractivity (Wildman–Crippen MR) is 107 cm³/mol. The van der Waals surface area contributed by atoms with Crippen LogP contribution in [0.1, 0.15) is 25.7 Å². The molecule has 6 nitrogen and oxygen atoms in total. The number of rotatable bonds is 11. The van der Waals surface area contributed by atoms with Crippen molar-refractivity contribution < 1.29 is 8.42 Å². The molecule has 0 aliphatic heterocycles. The van der Waals surface area contributed by atoms with Crippen LogP contribution in [-0.4, -0.2) is 64.4 Å². The van der Waals surface area contributed by atoms with Gasteiger partial charge in [-0.05, 0) is 30.7 Å². The molecule has 0 fully saturated rings. The first kappa shape index (κ1) is 21.7. The van der Waals surface area contributed by atoms with Crippen molar-refractivity contribution in [1.82, 2.24) is 14.5 Å². The predicted octanol–water partition coefficient (Wildman–Crippen LogP) is 2.62. The van der Waals surface area contributed by atoms with E-state index in [9.17, 15) is 8.42 Å². The first-order chi connectivity index (χ1) is 11.9. The summed E-state index contributed by atoms with van der Waals surface area (Å²) < 4.78 is 26.5. The van der Waals surface area contributed by atoms with Gasteiger partial charge in [0.05, 0.1) is 0 Å². The van der Waals surface area contributed by atoms with Crippen LogP contribution in [0.15, 0.2) is 39.4 Å². The molecule has 0 unspecified atom stereocenters. The largest absolute Gasteiger partial charge is 0.355 e. The number of allylic oxidation sites excluding steroid dienone is 1. The van der Waals surface area contributed by atoms with Crippen molar-refractivity contribution >= 4 is 27.3 Å². The van der Waals surface area contributed by atoms with Crippen molar-refractivity contribution in [3.8, 4) is 0 Å². The average Bonchev–Trinajstić information content (AvgIpc) is 3.13. The molecule has 1 aromatic rings. The minimum absolute atomic E-state index is 0.371. The lowest BCUT2D eigenvalue weighted by Gasteiger charge is -2.23. The van der Waals surface area contributed by atoms with Gasteiger partial charge in [0.1, 0.15) is 4.21 Å². The van der Waals surface area contributed by atoms with E-state index in [-0.39, 0.29) is 0 Å². The third-order valence-corrected chi connectivity index (χ3v) is 7.07. The van der Waals surface area contributed by atoms with Gasteiger partial charge in [0.25, 0.3) is 10.0 Å². The van der Waals surface area contributed by atoms with Crippen molar-refractivity contribution in [3.63, 3.8) is 0 Å². The maximum absolute atomic E-state index is 12.4. The van der Waals surface area contributed by atoms with Crippen LogP contribution in [0.3, 0.4) is 0 Å². The van der Waals surface area contributed by atoms with Crippen molar-refractivity contribution in [1.29, 1.82) is 0 Å². The van der Waals surface area contributed by atoms with Gasteiger partial charge in [-0.2, -0.15) is 4.31 Å². The summed E-state index contributed by atoms with van der Waals surface area (Å²) in [7, 11) is 1.94. The fourth-order valence-electron chi connectivity index (χ4n) is 2.31. The van der Waals surface area contributed by atoms with Crippen LogP contribution in [0.2, 0.25) is 0 Å². The number of nitrogens with one attached hydrogen (secondary N) is 1. The number of hydrogen-bond donors (Lipinski definition) is 1. The molecule has 0 bridgehead atoms. The Kier molecular flexibility index (Phi) is 9.77. The van der Waals surface area contributed by atoms with Crippen molar-refractivity contribution in [3.05, 3.63) is 30.2 Å². The highest BCUT2D eigenvalue weighted by Gasteiger charge is 2.21. The average molecular weight is 387 g/mol. The van der Waals surface area contributed by atoms with E-state index in [0.29, 0.717) is 17.3 Å². The Morgan fingerprint density at radius 2 is 2.08 bits per heavy atom. The monoisotopic (exact) mass is 386 g/mol. The lowest BCUT2D eigenvalue weighted by Crippen LogP contribution is -2.43. The van der Waals surface area contributed by atoms with E-state index < -0.39 is 10.0 Å². The lowest BCUT2D eigenvalue weighted by atomic mass is 10.2. The van der Waals surface area contributed by atoms with Gasteiger partial charge in [-0.1, -0.05) is 18.6 Å². The molecular weight excluding hydrogens is 356 g/mol. The van der Waals surface area contributed by atoms with Crippen LogP contribution in [0.4, 0.5) is 0 Å². The minimum Gasteiger partial charge on any atom is -0.355 e. The molecule has 0 saturated heterocycles. The van der Waals surface area contributed by atoms with Gasteiger partial charge in [0.15, 0.2) is 5.96 Å². The van der Waals surface area contributed by atoms with E-state index in [0.717, 1.165) is 38.2 Å². The summed E-state index contributed by atoms with van der Waals surface area (Å²) in [5.41, 5.74) is 0. The van der Waals surface area contributed by atoms with Crippen molar-refractivity contribution in [2.45, 2.75) is 29.9 Å². The zero-order chi connectivity index (χ0) is 18.7. The molecule has 0 radical (unpaired) electrons. The van der Waals surface area contributed by atoms with Crippen LogP contribution in [0.5, 0.6) is 0 Å². The summed E-state index contributed by atoms with van der Waals surface area (Å²) in [5, 5.41) is 5.00. The number of hydrogen-bond acceptors (Lipinski definition) is 4. The summed E-state index contributed by atoms with van der Waals surface area (Å²) in [5.74, 6) is 0.783. The van der Waals surface area contributed by atoms with E-state index >= 15 is 0 Å². The van der Waals surface area contributed by atoms with Gasteiger partial charge in [-0.3, -0.25) is 4.99 Å². The van der Waals surface area contributed by atoms with Gasteiger partial charge in [-0.25, -0.2) is 8.42 Å². The molecule has 8 heteroatoms. The first-order valence-corrected chi connectivity index (χ1v) is 10.8. The van der Waals surface area contributed by atoms with Gasteiger partial charge in [0.2, 0.25) is 0 Å². The summed E-state index contributed by atoms with van der Waals surface area (Å²) >= 11 is 1.23. The smallest absolute Gasteiger partial charge is 0.252 e. The first-order valence-electron chi connectivity index (χ1n) is 8.46. The topological polar surface area (TPSA) is 65.0 Å². The number of nitrogens with zero attached hydrogens (tertiary/aromatic N) is 3. The molecule has 142 valence electrons. The Labute approximate surface area is 156 Å². The molecular formula is C17H30N4O2S2. The van der Waals surface area contributed by atoms with Crippen molar-refractivity contribution in [2.75, 3.05) is 40.8 Å². The Hall–Kier alpha value is -1.38. The van der Waals surface area contributed by atoms with Crippen LogP contribution >= 0.6 is 11.3 Å². The van der Waals surface area contributed by atoms with E-state index in [1.54, 1.807) is 31.6 Å². The Balaban J connectivity index is 2.38. The number of thiophene rings is 1. The maximum Gasteiger partial charge on any atom is 0.252 e. The summed E-state index contributed by atoms with van der Waals surface area (Å²) in [6.45, 7) is 5.54. The van der Waals surface area contributed by atoms with Crippen molar-refractivity contribution in [2.24, 2.45) is 4.99 Å². The zero-order valence-electron chi connectivity index (χ0n) is 15.4. The Morgan fingerprint density at radius 3 is 2.68 bits per heavy atom. The van der Waals surface area contributed by atoms with Crippen LogP contribution in [0, 0.1) is 0 Å². The second-order valence-corrected chi connectivity index (χ2v) is 9.01. The lowest BCUT2D eigenvalue weighted by molar-refractivity contribution is 0.441. The number of likely N-dealkylation sites (N-methyl/N-ethyl adjacent to an activating group) is 1. The summed E-state index contributed by atoms with van der Waals surface area (Å²) in [6, 6.07) is 3.37. The zero-order valence-corrected chi connectivity index (χ0v) is 17.1. The Morgan fingerprint density at radius 1 is 1.32 bits per heavy atom. The van der Waals surface area contributed by atoms with Gasteiger partial charge in [0, 0.05) is 40.8 Å². The highest BCUT2D eigenvalue weighted by molar-refractivity contribution is 7.91. The van der Waals surface area contributed by atoms with E-state index in [4.69, 9.17) is 0 Å². The van der Waals surface area contributed by atoms with Crippen LogP contribution < -0.4 is 5.32 Å².